The monoisotopic (exact) mass is 322 g/mol. The van der Waals surface area contributed by atoms with Crippen LogP contribution in [0.4, 0.5) is 0 Å². The fourth-order valence-electron chi connectivity index (χ4n) is 3.59. The highest BCUT2D eigenvalue weighted by Gasteiger charge is 2.35. The Morgan fingerprint density at radius 1 is 0.958 bits per heavy atom. The van der Waals surface area contributed by atoms with E-state index < -0.39 is 0 Å². The van der Waals surface area contributed by atoms with Crippen molar-refractivity contribution in [2.24, 2.45) is 0 Å². The third-order valence-corrected chi connectivity index (χ3v) is 4.87. The lowest BCUT2D eigenvalue weighted by atomic mass is 9.85. The lowest BCUT2D eigenvalue weighted by Gasteiger charge is -2.16. The predicted molar refractivity (Wildman–Crippen MR) is 98.4 cm³/mol. The number of unbranched alkanes of at least 4 members (excludes halogenated alkanes) is 2. The molecule has 1 unspecified atom stereocenters. The minimum Gasteiger partial charge on any atom is -0.426 e. The SMILES string of the molecule is CCCCc1c(-c2ccccc2)ccc2c1C(CCCC)C(=O)O2. The number of hydrogen-bond acceptors (Lipinski definition) is 2. The van der Waals surface area contributed by atoms with Gasteiger partial charge in [0.1, 0.15) is 5.75 Å². The second-order valence-electron chi connectivity index (χ2n) is 6.59. The van der Waals surface area contributed by atoms with Crippen LogP contribution in [-0.2, 0) is 11.2 Å². The van der Waals surface area contributed by atoms with E-state index in [1.807, 2.05) is 12.1 Å². The molecule has 0 aliphatic carbocycles. The molecule has 0 spiro atoms. The molecule has 0 N–H and O–H groups in total. The van der Waals surface area contributed by atoms with Crippen LogP contribution in [0, 0.1) is 0 Å². The van der Waals surface area contributed by atoms with E-state index in [2.05, 4.69) is 44.2 Å². The Bertz CT molecular complexity index is 703. The molecule has 0 fully saturated rings. The summed E-state index contributed by atoms with van der Waals surface area (Å²) in [5.74, 6) is 0.628. The number of carbonyl (C=O) groups excluding carboxylic acids is 1. The summed E-state index contributed by atoms with van der Waals surface area (Å²) >= 11 is 0. The van der Waals surface area contributed by atoms with E-state index in [1.165, 1.54) is 16.7 Å². The predicted octanol–water partition coefficient (Wildman–Crippen LogP) is 5.89. The molecule has 0 saturated heterocycles. The third kappa shape index (κ3) is 3.24. The van der Waals surface area contributed by atoms with E-state index in [0.29, 0.717) is 0 Å². The summed E-state index contributed by atoms with van der Waals surface area (Å²) in [4.78, 5) is 12.4. The number of esters is 1. The molecule has 0 bridgehead atoms. The maximum atomic E-state index is 12.4. The van der Waals surface area contributed by atoms with Crippen LogP contribution < -0.4 is 4.74 Å². The highest BCUT2D eigenvalue weighted by Crippen LogP contribution is 2.44. The lowest BCUT2D eigenvalue weighted by molar-refractivity contribution is -0.134. The van der Waals surface area contributed by atoms with Gasteiger partial charge in [0.05, 0.1) is 5.92 Å². The van der Waals surface area contributed by atoms with Crippen LogP contribution in [0.1, 0.15) is 63.0 Å². The summed E-state index contributed by atoms with van der Waals surface area (Å²) in [5.41, 5.74) is 4.94. The van der Waals surface area contributed by atoms with Crippen LogP contribution >= 0.6 is 0 Å². The minimum atomic E-state index is -0.0875. The number of benzene rings is 2. The highest BCUT2D eigenvalue weighted by atomic mass is 16.5. The van der Waals surface area contributed by atoms with Crippen molar-refractivity contribution in [3.8, 4) is 16.9 Å². The number of hydrogen-bond donors (Lipinski definition) is 0. The third-order valence-electron chi connectivity index (χ3n) is 4.87. The molecule has 2 aromatic rings. The Hall–Kier alpha value is -2.09. The molecule has 3 rings (SSSR count). The topological polar surface area (TPSA) is 26.3 Å². The molecular weight excluding hydrogens is 296 g/mol. The van der Waals surface area contributed by atoms with Gasteiger partial charge in [0.25, 0.3) is 0 Å². The fraction of sp³-hybridized carbons (Fsp3) is 0.409. The standard InChI is InChI=1S/C22H26O2/c1-3-5-12-18-17(16-10-8-7-9-11-16)14-15-20-21(18)19(13-6-4-2)22(23)24-20/h7-11,14-15,19H,3-6,12-13H2,1-2H3. The van der Waals surface area contributed by atoms with Crippen molar-refractivity contribution in [3.63, 3.8) is 0 Å². The molecule has 0 radical (unpaired) electrons. The first kappa shape index (κ1) is 16.8. The molecule has 0 aromatic heterocycles. The number of fused-ring (bicyclic) bond motifs is 1. The van der Waals surface area contributed by atoms with Gasteiger partial charge in [0.15, 0.2) is 0 Å². The Kier molecular flexibility index (Phi) is 5.34. The van der Waals surface area contributed by atoms with Crippen molar-refractivity contribution < 1.29 is 9.53 Å². The second kappa shape index (κ2) is 7.65. The van der Waals surface area contributed by atoms with Crippen LogP contribution in [-0.4, -0.2) is 5.97 Å². The first-order valence-electron chi connectivity index (χ1n) is 9.19. The summed E-state index contributed by atoms with van der Waals surface area (Å²) in [5, 5.41) is 0. The molecule has 2 aromatic carbocycles. The van der Waals surface area contributed by atoms with E-state index in [9.17, 15) is 4.79 Å². The maximum absolute atomic E-state index is 12.4. The van der Waals surface area contributed by atoms with Gasteiger partial charge in [-0.25, -0.2) is 0 Å². The van der Waals surface area contributed by atoms with Crippen LogP contribution in [0.25, 0.3) is 11.1 Å². The molecule has 0 amide bonds. The fourth-order valence-corrected chi connectivity index (χ4v) is 3.59. The molecule has 1 heterocycles. The lowest BCUT2D eigenvalue weighted by Crippen LogP contribution is -2.11. The molecule has 1 aliphatic heterocycles. The van der Waals surface area contributed by atoms with Crippen LogP contribution in [0.5, 0.6) is 5.75 Å². The molecule has 2 heteroatoms. The molecule has 1 atom stereocenters. The zero-order valence-electron chi connectivity index (χ0n) is 14.7. The zero-order chi connectivity index (χ0) is 16.9. The van der Waals surface area contributed by atoms with Crippen molar-refractivity contribution in [1.82, 2.24) is 0 Å². The van der Waals surface area contributed by atoms with Crippen LogP contribution in [0.2, 0.25) is 0 Å². The van der Waals surface area contributed by atoms with E-state index in [4.69, 9.17) is 4.74 Å². The molecular formula is C22H26O2. The van der Waals surface area contributed by atoms with E-state index in [0.717, 1.165) is 49.8 Å². The van der Waals surface area contributed by atoms with Crippen LogP contribution in [0.15, 0.2) is 42.5 Å². The van der Waals surface area contributed by atoms with E-state index in [-0.39, 0.29) is 11.9 Å². The number of ether oxygens (including phenoxy) is 1. The average molecular weight is 322 g/mol. The van der Waals surface area contributed by atoms with E-state index >= 15 is 0 Å². The normalized spacial score (nSPS) is 16.1. The van der Waals surface area contributed by atoms with Gasteiger partial charge in [-0.15, -0.1) is 0 Å². The molecule has 2 nitrogen and oxygen atoms in total. The Morgan fingerprint density at radius 2 is 1.71 bits per heavy atom. The highest BCUT2D eigenvalue weighted by molar-refractivity contribution is 5.88. The Labute approximate surface area is 144 Å². The van der Waals surface area contributed by atoms with Crippen molar-refractivity contribution in [1.29, 1.82) is 0 Å². The molecule has 126 valence electrons. The Balaban J connectivity index is 2.09. The smallest absolute Gasteiger partial charge is 0.318 e. The second-order valence-corrected chi connectivity index (χ2v) is 6.59. The number of carbonyl (C=O) groups is 1. The average Bonchev–Trinajstić information content (AvgIpc) is 2.94. The van der Waals surface area contributed by atoms with Gasteiger partial charge in [-0.1, -0.05) is 69.5 Å². The van der Waals surface area contributed by atoms with Crippen molar-refractivity contribution in [2.75, 3.05) is 0 Å². The van der Waals surface area contributed by atoms with E-state index in [1.54, 1.807) is 0 Å². The van der Waals surface area contributed by atoms with Gasteiger partial charge in [0.2, 0.25) is 0 Å². The molecule has 0 saturated carbocycles. The van der Waals surface area contributed by atoms with Gasteiger partial charge in [-0.3, -0.25) is 4.79 Å². The van der Waals surface area contributed by atoms with Crippen molar-refractivity contribution in [2.45, 2.75) is 58.3 Å². The van der Waals surface area contributed by atoms with Gasteiger partial charge in [-0.05, 0) is 42.0 Å². The first-order chi connectivity index (χ1) is 11.8. The van der Waals surface area contributed by atoms with Gasteiger partial charge in [0, 0.05) is 5.56 Å². The van der Waals surface area contributed by atoms with Gasteiger partial charge in [-0.2, -0.15) is 0 Å². The summed E-state index contributed by atoms with van der Waals surface area (Å²) in [7, 11) is 0. The summed E-state index contributed by atoms with van der Waals surface area (Å²) in [6.45, 7) is 4.38. The van der Waals surface area contributed by atoms with Gasteiger partial charge < -0.3 is 4.74 Å². The van der Waals surface area contributed by atoms with Crippen molar-refractivity contribution >= 4 is 5.97 Å². The molecule has 1 aliphatic rings. The van der Waals surface area contributed by atoms with Gasteiger partial charge >= 0.3 is 5.97 Å². The first-order valence-corrected chi connectivity index (χ1v) is 9.19. The summed E-state index contributed by atoms with van der Waals surface area (Å²) in [6, 6.07) is 14.6. The minimum absolute atomic E-state index is 0.0681. The summed E-state index contributed by atoms with van der Waals surface area (Å²) < 4.78 is 5.59. The van der Waals surface area contributed by atoms with Crippen molar-refractivity contribution in [3.05, 3.63) is 53.6 Å². The summed E-state index contributed by atoms with van der Waals surface area (Å²) in [6.07, 6.45) is 6.32. The maximum Gasteiger partial charge on any atom is 0.318 e. The quantitative estimate of drug-likeness (QED) is 0.469. The zero-order valence-corrected chi connectivity index (χ0v) is 14.7. The molecule has 24 heavy (non-hydrogen) atoms. The largest absolute Gasteiger partial charge is 0.426 e. The van der Waals surface area contributed by atoms with Crippen LogP contribution in [0.3, 0.4) is 0 Å². The number of rotatable bonds is 7. The Morgan fingerprint density at radius 3 is 2.42 bits per heavy atom.